The number of hydrogen-bond donors (Lipinski definition) is 1. The first-order valence-electron chi connectivity index (χ1n) is 5.25. The Balaban J connectivity index is 2.30. The van der Waals surface area contributed by atoms with Crippen LogP contribution in [0.4, 0.5) is 0 Å². The molecule has 3 heteroatoms. The van der Waals surface area contributed by atoms with Gasteiger partial charge in [0.2, 0.25) is 0 Å². The van der Waals surface area contributed by atoms with Crippen LogP contribution in [0.15, 0.2) is 24.3 Å². The molecule has 0 saturated carbocycles. The van der Waals surface area contributed by atoms with Gasteiger partial charge in [0.15, 0.2) is 6.29 Å². The van der Waals surface area contributed by atoms with Crippen LogP contribution in [0.1, 0.15) is 32.9 Å². The Labute approximate surface area is 94.5 Å². The van der Waals surface area contributed by atoms with E-state index in [0.29, 0.717) is 12.0 Å². The molecule has 1 N–H and O–H groups in total. The van der Waals surface area contributed by atoms with Gasteiger partial charge >= 0.3 is 0 Å². The third kappa shape index (κ3) is 2.03. The molecule has 2 aromatic rings. The zero-order valence-electron chi connectivity index (χ0n) is 9.45. The second-order valence-electron chi connectivity index (χ2n) is 3.99. The van der Waals surface area contributed by atoms with Gasteiger partial charge < -0.3 is 0 Å². The summed E-state index contributed by atoms with van der Waals surface area (Å²) in [5.41, 5.74) is 4.73. The lowest BCUT2D eigenvalue weighted by Gasteiger charge is -2.00. The number of aromatic amines is 1. The number of carbonyl (C=O) groups is 1. The van der Waals surface area contributed by atoms with Gasteiger partial charge in [0.05, 0.1) is 11.3 Å². The molecular formula is C13H14N2O. The van der Waals surface area contributed by atoms with Crippen LogP contribution in [0.25, 0.3) is 0 Å². The van der Waals surface area contributed by atoms with Crippen LogP contribution in [-0.2, 0) is 6.42 Å². The van der Waals surface area contributed by atoms with Crippen molar-refractivity contribution in [2.45, 2.75) is 20.3 Å². The number of aromatic nitrogens is 2. The molecule has 0 aliphatic rings. The fourth-order valence-corrected chi connectivity index (χ4v) is 1.79. The van der Waals surface area contributed by atoms with E-state index in [4.69, 9.17) is 0 Å². The van der Waals surface area contributed by atoms with Crippen molar-refractivity contribution >= 4 is 6.29 Å². The van der Waals surface area contributed by atoms with Gasteiger partial charge in [-0.05, 0) is 19.4 Å². The zero-order valence-corrected chi connectivity index (χ0v) is 9.45. The summed E-state index contributed by atoms with van der Waals surface area (Å²) in [6.45, 7) is 3.91. The highest BCUT2D eigenvalue weighted by Crippen LogP contribution is 2.14. The highest BCUT2D eigenvalue weighted by molar-refractivity contribution is 5.78. The normalized spacial score (nSPS) is 10.4. The van der Waals surface area contributed by atoms with Crippen molar-refractivity contribution in [1.82, 2.24) is 10.2 Å². The molecule has 0 amide bonds. The van der Waals surface area contributed by atoms with E-state index in [1.165, 1.54) is 11.1 Å². The second-order valence-corrected chi connectivity index (χ2v) is 3.99. The van der Waals surface area contributed by atoms with Gasteiger partial charge in [-0.3, -0.25) is 9.89 Å². The molecule has 0 aliphatic heterocycles. The molecule has 0 aliphatic carbocycles. The van der Waals surface area contributed by atoms with Crippen LogP contribution in [0.2, 0.25) is 0 Å². The van der Waals surface area contributed by atoms with Gasteiger partial charge in [-0.15, -0.1) is 0 Å². The van der Waals surface area contributed by atoms with Crippen molar-refractivity contribution < 1.29 is 4.79 Å². The quantitative estimate of drug-likeness (QED) is 0.797. The minimum atomic E-state index is 0.682. The smallest absolute Gasteiger partial charge is 0.153 e. The number of rotatable bonds is 3. The summed E-state index contributed by atoms with van der Waals surface area (Å²) in [5, 5.41) is 7.00. The first-order valence-corrected chi connectivity index (χ1v) is 5.25. The topological polar surface area (TPSA) is 45.8 Å². The molecule has 0 radical (unpaired) electrons. The van der Waals surface area contributed by atoms with E-state index in [-0.39, 0.29) is 0 Å². The number of aryl methyl sites for hydroxylation is 2. The van der Waals surface area contributed by atoms with Crippen molar-refractivity contribution in [2.75, 3.05) is 0 Å². The Kier molecular flexibility index (Phi) is 2.86. The highest BCUT2D eigenvalue weighted by Gasteiger charge is 2.09. The van der Waals surface area contributed by atoms with Crippen molar-refractivity contribution in [3.05, 3.63) is 52.3 Å². The monoisotopic (exact) mass is 214 g/mol. The summed E-state index contributed by atoms with van der Waals surface area (Å²) in [6, 6.07) is 8.23. The molecule has 0 saturated heterocycles. The third-order valence-corrected chi connectivity index (χ3v) is 2.65. The Hall–Kier alpha value is -1.90. The second kappa shape index (κ2) is 4.31. The number of nitrogens with zero attached hydrogens (tertiary/aromatic N) is 1. The summed E-state index contributed by atoms with van der Waals surface area (Å²) < 4.78 is 0. The fourth-order valence-electron chi connectivity index (χ4n) is 1.79. The zero-order chi connectivity index (χ0) is 11.5. The maximum Gasteiger partial charge on any atom is 0.153 e. The van der Waals surface area contributed by atoms with Crippen molar-refractivity contribution in [3.8, 4) is 0 Å². The lowest BCUT2D eigenvalue weighted by molar-refractivity contribution is 0.112. The number of hydrogen-bond acceptors (Lipinski definition) is 2. The SMILES string of the molecule is Cc1cccc(Cc2n[nH]c(C)c2C=O)c1. The number of H-pyrrole nitrogens is 1. The molecule has 16 heavy (non-hydrogen) atoms. The first-order chi connectivity index (χ1) is 7.70. The predicted octanol–water partition coefficient (Wildman–Crippen LogP) is 2.43. The minimum absolute atomic E-state index is 0.682. The molecule has 2 rings (SSSR count). The minimum Gasteiger partial charge on any atom is -0.298 e. The molecule has 1 heterocycles. The first kappa shape index (κ1) is 10.6. The molecule has 0 bridgehead atoms. The van der Waals surface area contributed by atoms with Crippen LogP contribution >= 0.6 is 0 Å². The molecule has 82 valence electrons. The van der Waals surface area contributed by atoms with Crippen LogP contribution in [-0.4, -0.2) is 16.5 Å². The Bertz CT molecular complexity index is 514. The van der Waals surface area contributed by atoms with E-state index in [0.717, 1.165) is 17.7 Å². The van der Waals surface area contributed by atoms with Gasteiger partial charge in [0.1, 0.15) is 0 Å². The van der Waals surface area contributed by atoms with Gasteiger partial charge in [-0.25, -0.2) is 0 Å². The summed E-state index contributed by atoms with van der Waals surface area (Å²) in [4.78, 5) is 10.9. The Morgan fingerprint density at radius 3 is 2.88 bits per heavy atom. The van der Waals surface area contributed by atoms with E-state index in [9.17, 15) is 4.79 Å². The lowest BCUT2D eigenvalue weighted by atomic mass is 10.0. The van der Waals surface area contributed by atoms with Crippen molar-refractivity contribution in [2.24, 2.45) is 0 Å². The number of aldehydes is 1. The van der Waals surface area contributed by atoms with Crippen LogP contribution in [0.5, 0.6) is 0 Å². The number of carbonyl (C=O) groups excluding carboxylic acids is 1. The van der Waals surface area contributed by atoms with Crippen molar-refractivity contribution in [3.63, 3.8) is 0 Å². The maximum atomic E-state index is 10.9. The van der Waals surface area contributed by atoms with Crippen LogP contribution in [0, 0.1) is 13.8 Å². The van der Waals surface area contributed by atoms with Crippen molar-refractivity contribution in [1.29, 1.82) is 0 Å². The van der Waals surface area contributed by atoms with Gasteiger partial charge in [0, 0.05) is 12.1 Å². The van der Waals surface area contributed by atoms with E-state index in [1.54, 1.807) is 0 Å². The molecular weight excluding hydrogens is 200 g/mol. The molecule has 0 fully saturated rings. The van der Waals surface area contributed by atoms with Gasteiger partial charge in [-0.1, -0.05) is 29.8 Å². The lowest BCUT2D eigenvalue weighted by Crippen LogP contribution is -1.94. The maximum absolute atomic E-state index is 10.9. The molecule has 1 aromatic heterocycles. The average molecular weight is 214 g/mol. The summed E-state index contributed by atoms with van der Waals surface area (Å²) in [5.74, 6) is 0. The van der Waals surface area contributed by atoms with E-state index in [2.05, 4.69) is 29.3 Å². The fraction of sp³-hybridized carbons (Fsp3) is 0.231. The largest absolute Gasteiger partial charge is 0.298 e. The third-order valence-electron chi connectivity index (χ3n) is 2.65. The molecule has 3 nitrogen and oxygen atoms in total. The van der Waals surface area contributed by atoms with Gasteiger partial charge in [0.25, 0.3) is 0 Å². The van der Waals surface area contributed by atoms with Gasteiger partial charge in [-0.2, -0.15) is 5.10 Å². The standard InChI is InChI=1S/C13H14N2O/c1-9-4-3-5-11(6-9)7-13-12(8-16)10(2)14-15-13/h3-6,8H,7H2,1-2H3,(H,14,15). The van der Waals surface area contributed by atoms with E-state index in [1.807, 2.05) is 19.1 Å². The molecule has 0 spiro atoms. The van der Waals surface area contributed by atoms with E-state index >= 15 is 0 Å². The van der Waals surface area contributed by atoms with Crippen LogP contribution < -0.4 is 0 Å². The summed E-state index contributed by atoms with van der Waals surface area (Å²) >= 11 is 0. The van der Waals surface area contributed by atoms with Crippen LogP contribution in [0.3, 0.4) is 0 Å². The highest BCUT2D eigenvalue weighted by atomic mass is 16.1. The predicted molar refractivity (Wildman–Crippen MR) is 62.7 cm³/mol. The molecule has 0 unspecified atom stereocenters. The molecule has 1 aromatic carbocycles. The van der Waals surface area contributed by atoms with E-state index < -0.39 is 0 Å². The number of nitrogens with one attached hydrogen (secondary N) is 1. The Morgan fingerprint density at radius 2 is 2.19 bits per heavy atom. The molecule has 0 atom stereocenters. The number of benzene rings is 1. The average Bonchev–Trinajstić information content (AvgIpc) is 2.59. The Morgan fingerprint density at radius 1 is 1.38 bits per heavy atom. The summed E-state index contributed by atoms with van der Waals surface area (Å²) in [6.07, 6.45) is 1.56. The summed E-state index contributed by atoms with van der Waals surface area (Å²) in [7, 11) is 0.